The van der Waals surface area contributed by atoms with Crippen molar-refractivity contribution in [2.24, 2.45) is 5.41 Å². The van der Waals surface area contributed by atoms with Gasteiger partial charge in [-0.1, -0.05) is 145 Å². The third-order valence-corrected chi connectivity index (χ3v) is 12.1. The van der Waals surface area contributed by atoms with E-state index < -0.39 is 17.4 Å². The molecule has 1 aliphatic carbocycles. The standard InChI is InChI=1S/C57H44O6/c1-60-43-30-25-37(26-31-43)27-34-45-46-35-57(55(58)62-3,56(59)63-4)36-47(46)53-51(40-21-13-7-14-22-40)49(38-17-9-5-10-18-38)50(39-19-11-6-12-20-39)52(41-23-15-8-16-24-41)54(53)48(45)42-28-32-44(61-2)33-29-42/h5-26,28-33H,35-36H2,1-4H3. The maximum absolute atomic E-state index is 14.3. The van der Waals surface area contributed by atoms with E-state index in [-0.39, 0.29) is 12.8 Å². The van der Waals surface area contributed by atoms with Gasteiger partial charge in [-0.05, 0) is 103 Å². The van der Waals surface area contributed by atoms with Crippen LogP contribution >= 0.6 is 0 Å². The Morgan fingerprint density at radius 1 is 0.413 bits per heavy atom. The summed E-state index contributed by atoms with van der Waals surface area (Å²) in [6, 6.07) is 57.5. The van der Waals surface area contributed by atoms with Crippen molar-refractivity contribution in [3.8, 4) is 79.0 Å². The first-order valence-corrected chi connectivity index (χ1v) is 20.8. The highest BCUT2D eigenvalue weighted by Gasteiger charge is 2.54. The van der Waals surface area contributed by atoms with Gasteiger partial charge in [0.2, 0.25) is 0 Å². The number of carbonyl (C=O) groups excluding carboxylic acids is 2. The fourth-order valence-electron chi connectivity index (χ4n) is 9.27. The normalized spacial score (nSPS) is 12.4. The Morgan fingerprint density at radius 3 is 1.22 bits per heavy atom. The Balaban J connectivity index is 1.61. The van der Waals surface area contributed by atoms with Gasteiger partial charge in [-0.3, -0.25) is 9.59 Å². The first kappa shape index (κ1) is 40.5. The van der Waals surface area contributed by atoms with Crippen molar-refractivity contribution in [3.05, 3.63) is 192 Å². The van der Waals surface area contributed by atoms with Gasteiger partial charge in [-0.2, -0.15) is 0 Å². The zero-order chi connectivity index (χ0) is 43.5. The lowest BCUT2D eigenvalue weighted by atomic mass is 9.74. The minimum Gasteiger partial charge on any atom is -0.497 e. The molecule has 8 aromatic rings. The molecule has 0 saturated carbocycles. The van der Waals surface area contributed by atoms with E-state index in [1.54, 1.807) is 14.2 Å². The molecular weight excluding hydrogens is 781 g/mol. The molecule has 0 unspecified atom stereocenters. The van der Waals surface area contributed by atoms with Gasteiger partial charge in [0.15, 0.2) is 5.41 Å². The van der Waals surface area contributed by atoms with Crippen molar-refractivity contribution < 1.29 is 28.5 Å². The van der Waals surface area contributed by atoms with E-state index in [1.165, 1.54) is 14.2 Å². The molecule has 0 aromatic heterocycles. The summed E-state index contributed by atoms with van der Waals surface area (Å²) in [5, 5.41) is 1.86. The molecule has 0 fully saturated rings. The Kier molecular flexibility index (Phi) is 11.1. The summed E-state index contributed by atoms with van der Waals surface area (Å²) in [5.41, 5.74) is 11.2. The Hall–Kier alpha value is -7.88. The molecule has 0 radical (unpaired) electrons. The summed E-state index contributed by atoms with van der Waals surface area (Å²) in [6.45, 7) is 0. The van der Waals surface area contributed by atoms with Gasteiger partial charge in [0.05, 0.1) is 28.4 Å². The van der Waals surface area contributed by atoms with Crippen LogP contribution in [0.1, 0.15) is 22.3 Å². The molecule has 0 heterocycles. The molecule has 0 spiro atoms. The number of hydrogen-bond acceptors (Lipinski definition) is 6. The first-order valence-electron chi connectivity index (χ1n) is 20.8. The molecule has 0 saturated heterocycles. The monoisotopic (exact) mass is 824 g/mol. The Morgan fingerprint density at radius 2 is 0.794 bits per heavy atom. The highest BCUT2D eigenvalue weighted by molar-refractivity contribution is 6.24. The van der Waals surface area contributed by atoms with Crippen LogP contribution in [0.25, 0.3) is 66.4 Å². The largest absolute Gasteiger partial charge is 0.497 e. The van der Waals surface area contributed by atoms with Crippen LogP contribution in [0.2, 0.25) is 0 Å². The van der Waals surface area contributed by atoms with E-state index in [1.807, 2.05) is 60.7 Å². The molecule has 1 aliphatic rings. The maximum atomic E-state index is 14.3. The zero-order valence-corrected chi connectivity index (χ0v) is 35.5. The smallest absolute Gasteiger partial charge is 0.323 e. The number of ether oxygens (including phenoxy) is 4. The fraction of sp³-hybridized carbons (Fsp3) is 0.123. The van der Waals surface area contributed by atoms with Gasteiger partial charge in [0.25, 0.3) is 0 Å². The molecule has 8 aromatic carbocycles. The molecule has 0 bridgehead atoms. The highest BCUT2D eigenvalue weighted by atomic mass is 16.5. The lowest BCUT2D eigenvalue weighted by Crippen LogP contribution is -2.42. The number of esters is 2. The average molecular weight is 825 g/mol. The predicted molar refractivity (Wildman–Crippen MR) is 251 cm³/mol. The van der Waals surface area contributed by atoms with E-state index in [0.717, 1.165) is 88.8 Å². The third kappa shape index (κ3) is 7.18. The van der Waals surface area contributed by atoms with Crippen LogP contribution in [0.15, 0.2) is 170 Å². The van der Waals surface area contributed by atoms with Crippen LogP contribution in [0, 0.1) is 17.3 Å². The van der Waals surface area contributed by atoms with Crippen LogP contribution in [-0.4, -0.2) is 40.4 Å². The van der Waals surface area contributed by atoms with Crippen LogP contribution in [-0.2, 0) is 31.9 Å². The summed E-state index contributed by atoms with van der Waals surface area (Å²) in [6.07, 6.45) is 0.0503. The quantitative estimate of drug-likeness (QED) is 0.0820. The second kappa shape index (κ2) is 17.2. The lowest BCUT2D eigenvalue weighted by Gasteiger charge is -2.28. The van der Waals surface area contributed by atoms with E-state index in [9.17, 15) is 9.59 Å². The van der Waals surface area contributed by atoms with Gasteiger partial charge in [0.1, 0.15) is 11.5 Å². The van der Waals surface area contributed by atoms with Crippen molar-refractivity contribution in [3.63, 3.8) is 0 Å². The molecule has 308 valence electrons. The van der Waals surface area contributed by atoms with Crippen molar-refractivity contribution in [2.75, 3.05) is 28.4 Å². The molecule has 9 rings (SSSR count). The van der Waals surface area contributed by atoms with Crippen LogP contribution in [0.4, 0.5) is 0 Å². The minimum atomic E-state index is -1.68. The molecule has 6 nitrogen and oxygen atoms in total. The molecular formula is C57H44O6. The number of fused-ring (bicyclic) bond motifs is 3. The van der Waals surface area contributed by atoms with Crippen LogP contribution in [0.5, 0.6) is 11.5 Å². The number of rotatable bonds is 9. The Labute approximate surface area is 367 Å². The SMILES string of the molecule is COC(=O)C1(C(=O)OC)Cc2c(C#Cc3ccc(OC)cc3)c(-c3ccc(OC)cc3)c3c(-c4ccccc4)c(-c4ccccc4)c(-c4ccccc4)c(-c4ccccc4)c3c2C1. The molecule has 0 amide bonds. The fourth-order valence-corrected chi connectivity index (χ4v) is 9.27. The number of hydrogen-bond donors (Lipinski definition) is 0. The van der Waals surface area contributed by atoms with Gasteiger partial charge in [-0.15, -0.1) is 0 Å². The number of benzene rings is 8. The van der Waals surface area contributed by atoms with E-state index >= 15 is 0 Å². The molecule has 0 aliphatic heterocycles. The molecule has 0 atom stereocenters. The average Bonchev–Trinajstić information content (AvgIpc) is 3.77. The van der Waals surface area contributed by atoms with Crippen LogP contribution in [0.3, 0.4) is 0 Å². The van der Waals surface area contributed by atoms with E-state index in [2.05, 4.69) is 121 Å². The second-order valence-corrected chi connectivity index (χ2v) is 15.5. The molecule has 0 N–H and O–H groups in total. The molecule has 63 heavy (non-hydrogen) atoms. The first-order chi connectivity index (χ1) is 30.9. The van der Waals surface area contributed by atoms with Crippen LogP contribution < -0.4 is 9.47 Å². The summed E-state index contributed by atoms with van der Waals surface area (Å²) in [5.74, 6) is 7.24. The summed E-state index contributed by atoms with van der Waals surface area (Å²) >= 11 is 0. The van der Waals surface area contributed by atoms with Gasteiger partial charge >= 0.3 is 11.9 Å². The van der Waals surface area contributed by atoms with Gasteiger partial charge in [0, 0.05) is 34.9 Å². The number of methoxy groups -OCH3 is 4. The zero-order valence-electron chi connectivity index (χ0n) is 35.5. The topological polar surface area (TPSA) is 71.1 Å². The molecule has 6 heteroatoms. The number of carbonyl (C=O) groups is 2. The van der Waals surface area contributed by atoms with Crippen molar-refractivity contribution in [1.29, 1.82) is 0 Å². The minimum absolute atomic E-state index is 0.0173. The van der Waals surface area contributed by atoms with Gasteiger partial charge < -0.3 is 18.9 Å². The van der Waals surface area contributed by atoms with Crippen molar-refractivity contribution in [1.82, 2.24) is 0 Å². The predicted octanol–water partition coefficient (Wildman–Crippen LogP) is 12.0. The van der Waals surface area contributed by atoms with Crippen molar-refractivity contribution in [2.45, 2.75) is 12.8 Å². The summed E-state index contributed by atoms with van der Waals surface area (Å²) in [7, 11) is 5.94. The second-order valence-electron chi connectivity index (χ2n) is 15.5. The van der Waals surface area contributed by atoms with Gasteiger partial charge in [-0.25, -0.2) is 0 Å². The van der Waals surface area contributed by atoms with Crippen molar-refractivity contribution >= 4 is 22.7 Å². The maximum Gasteiger partial charge on any atom is 0.323 e. The lowest BCUT2D eigenvalue weighted by molar-refractivity contribution is -0.168. The highest BCUT2D eigenvalue weighted by Crippen LogP contribution is 2.57. The summed E-state index contributed by atoms with van der Waals surface area (Å²) in [4.78, 5) is 28.6. The van der Waals surface area contributed by atoms with E-state index in [4.69, 9.17) is 18.9 Å². The third-order valence-electron chi connectivity index (χ3n) is 12.1. The Bertz CT molecular complexity index is 3020. The van der Waals surface area contributed by atoms with E-state index in [0.29, 0.717) is 11.3 Å². The summed E-state index contributed by atoms with van der Waals surface area (Å²) < 4.78 is 22.2.